The number of piperazine rings is 1. The van der Waals surface area contributed by atoms with Crippen molar-refractivity contribution in [3.63, 3.8) is 0 Å². The maximum atomic E-state index is 13.6. The molecule has 4 fully saturated rings. The van der Waals surface area contributed by atoms with E-state index in [1.54, 1.807) is 29.8 Å². The Morgan fingerprint density at radius 2 is 1.60 bits per heavy atom. The number of benzene rings is 1. The Morgan fingerprint density at radius 1 is 0.845 bits per heavy atom. The summed E-state index contributed by atoms with van der Waals surface area (Å²) < 4.78 is 1.71. The molecule has 2 N–H and O–H groups in total. The molecule has 3 aromatic heterocycles. The average molecular weight is 787 g/mol. The number of piperidine rings is 1. The number of hydrogen-bond acceptors (Lipinski definition) is 13. The number of nitrogens with zero attached hydrogens (tertiary/aromatic N) is 8. The summed E-state index contributed by atoms with van der Waals surface area (Å²) in [5.74, 6) is -0.855. The molecule has 300 valence electrons. The van der Waals surface area contributed by atoms with Gasteiger partial charge in [0.15, 0.2) is 5.78 Å². The highest BCUT2D eigenvalue weighted by Crippen LogP contribution is 2.34. The Morgan fingerprint density at radius 3 is 2.33 bits per heavy atom. The molecule has 16 nitrogen and oxygen atoms in total. The first-order chi connectivity index (χ1) is 28.0. The molecular formula is C42H46N10O6. The van der Waals surface area contributed by atoms with Gasteiger partial charge in [0.05, 0.1) is 28.6 Å². The van der Waals surface area contributed by atoms with E-state index in [0.717, 1.165) is 94.2 Å². The van der Waals surface area contributed by atoms with E-state index in [0.29, 0.717) is 45.4 Å². The number of nitrogens with one attached hydrogen (secondary N) is 2. The molecule has 4 aromatic rings. The number of imide groups is 2. The third kappa shape index (κ3) is 6.78. The maximum absolute atomic E-state index is 13.6. The van der Waals surface area contributed by atoms with Gasteiger partial charge in [0.25, 0.3) is 17.4 Å². The number of amides is 4. The van der Waals surface area contributed by atoms with Crippen LogP contribution < -0.4 is 26.0 Å². The van der Waals surface area contributed by atoms with Crippen molar-refractivity contribution in [2.45, 2.75) is 70.9 Å². The van der Waals surface area contributed by atoms with Crippen LogP contribution in [0.4, 0.5) is 23.1 Å². The lowest BCUT2D eigenvalue weighted by Gasteiger charge is -2.37. The highest BCUT2D eigenvalue weighted by molar-refractivity contribution is 6.23. The Hall–Kier alpha value is -6.03. The minimum atomic E-state index is -0.978. The first-order valence-electron chi connectivity index (χ1n) is 20.3. The van der Waals surface area contributed by atoms with Crippen molar-refractivity contribution in [3.8, 4) is 0 Å². The van der Waals surface area contributed by atoms with Crippen LogP contribution in [-0.2, 0) is 9.59 Å². The van der Waals surface area contributed by atoms with Crippen LogP contribution in [0.3, 0.4) is 0 Å². The number of carbonyl (C=O) groups is 5. The van der Waals surface area contributed by atoms with Crippen LogP contribution in [0.25, 0.3) is 11.0 Å². The van der Waals surface area contributed by atoms with Gasteiger partial charge < -0.3 is 15.1 Å². The molecule has 0 radical (unpaired) electrons. The summed E-state index contributed by atoms with van der Waals surface area (Å²) in [4.78, 5) is 98.7. The molecule has 0 bridgehead atoms. The quantitative estimate of drug-likeness (QED) is 0.186. The van der Waals surface area contributed by atoms with Gasteiger partial charge in [-0.25, -0.2) is 9.97 Å². The summed E-state index contributed by atoms with van der Waals surface area (Å²) in [5, 5.41) is 6.16. The van der Waals surface area contributed by atoms with Crippen molar-refractivity contribution < 1.29 is 24.0 Å². The van der Waals surface area contributed by atoms with Gasteiger partial charge >= 0.3 is 0 Å². The molecule has 1 unspecified atom stereocenters. The van der Waals surface area contributed by atoms with E-state index in [1.165, 1.54) is 6.92 Å². The lowest BCUT2D eigenvalue weighted by molar-refractivity contribution is -0.136. The SMILES string of the molecule is CC(=O)c1c(C)c2cnc(Nc3ccc(N4CCN(C[C@H]5CCN(c6ccc7c(c6)C(=O)N(C6CCC(=O)NC6=O)C7=O)C5)CC4)cn3)nc2n(C2CCCC2)c1=O. The van der Waals surface area contributed by atoms with E-state index >= 15 is 0 Å². The van der Waals surface area contributed by atoms with Crippen molar-refractivity contribution in [3.05, 3.63) is 75.3 Å². The monoisotopic (exact) mass is 786 g/mol. The second-order valence-electron chi connectivity index (χ2n) is 16.2. The van der Waals surface area contributed by atoms with E-state index < -0.39 is 29.7 Å². The number of Topliss-reactive ketones (excluding diaryl/α,β-unsaturated/α-hetero) is 1. The minimum Gasteiger partial charge on any atom is -0.371 e. The summed E-state index contributed by atoms with van der Waals surface area (Å²) in [6, 6.07) is 8.31. The Labute approximate surface area is 334 Å². The summed E-state index contributed by atoms with van der Waals surface area (Å²) in [6.07, 6.45) is 8.60. The predicted molar refractivity (Wildman–Crippen MR) is 216 cm³/mol. The van der Waals surface area contributed by atoms with E-state index in [1.807, 2.05) is 24.4 Å². The fourth-order valence-electron chi connectivity index (χ4n) is 9.50. The van der Waals surface area contributed by atoms with Crippen LogP contribution in [0.2, 0.25) is 0 Å². The molecule has 5 aliphatic rings. The number of carbonyl (C=O) groups excluding carboxylic acids is 5. The third-order valence-electron chi connectivity index (χ3n) is 12.6. The van der Waals surface area contributed by atoms with Gasteiger partial charge in [0.2, 0.25) is 17.8 Å². The topological polar surface area (TPSA) is 183 Å². The molecule has 7 heterocycles. The minimum absolute atomic E-state index is 0.00251. The van der Waals surface area contributed by atoms with E-state index in [2.05, 4.69) is 35.3 Å². The van der Waals surface area contributed by atoms with Crippen LogP contribution in [0.15, 0.2) is 47.5 Å². The summed E-state index contributed by atoms with van der Waals surface area (Å²) in [7, 11) is 0. The Balaban J connectivity index is 0.794. The number of ketones is 1. The molecule has 16 heteroatoms. The molecule has 2 atom stereocenters. The van der Waals surface area contributed by atoms with Crippen LogP contribution in [0, 0.1) is 12.8 Å². The lowest BCUT2D eigenvalue weighted by atomic mass is 10.0. The molecule has 0 spiro atoms. The molecule has 4 aliphatic heterocycles. The molecule has 1 saturated carbocycles. The Kier molecular flexibility index (Phi) is 9.74. The predicted octanol–water partition coefficient (Wildman–Crippen LogP) is 3.61. The van der Waals surface area contributed by atoms with E-state index in [-0.39, 0.29) is 35.8 Å². The summed E-state index contributed by atoms with van der Waals surface area (Å²) in [5.41, 5.74) is 3.59. The normalized spacial score (nSPS) is 21.7. The van der Waals surface area contributed by atoms with Crippen LogP contribution >= 0.6 is 0 Å². The van der Waals surface area contributed by atoms with Gasteiger partial charge in [-0.05, 0) is 81.3 Å². The maximum Gasteiger partial charge on any atom is 0.263 e. The van der Waals surface area contributed by atoms with Crippen LogP contribution in [0.1, 0.15) is 94.5 Å². The van der Waals surface area contributed by atoms with Crippen molar-refractivity contribution in [1.29, 1.82) is 0 Å². The molecule has 1 aliphatic carbocycles. The zero-order valence-electron chi connectivity index (χ0n) is 32.7. The first-order valence-corrected chi connectivity index (χ1v) is 20.3. The van der Waals surface area contributed by atoms with Crippen molar-refractivity contribution in [1.82, 2.24) is 34.6 Å². The standard InChI is InChI=1S/C42H46N10O6/c1-24-32-21-44-42(47-37(32)51(27-5-3-4-6-27)41(58)36(24)25(2)53)45-34-11-8-29(20-43-34)49-17-15-48(16-18-49)22-26-13-14-50(23-26)28-7-9-30-31(19-28)40(57)52(39(30)56)33-10-12-35(54)46-38(33)55/h7-9,11,19-21,26-27,33H,3-6,10,12-18,22-23H2,1-2H3,(H,46,54,55)(H,43,44,45,47)/t26-,33?/m1/s1. The van der Waals surface area contributed by atoms with Crippen LogP contribution in [-0.4, -0.2) is 111 Å². The van der Waals surface area contributed by atoms with Gasteiger partial charge in [-0.15, -0.1) is 0 Å². The van der Waals surface area contributed by atoms with Gasteiger partial charge in [0, 0.05) is 75.5 Å². The number of hydrogen-bond donors (Lipinski definition) is 2. The summed E-state index contributed by atoms with van der Waals surface area (Å²) >= 11 is 0. The smallest absolute Gasteiger partial charge is 0.263 e. The number of rotatable bonds is 9. The largest absolute Gasteiger partial charge is 0.371 e. The first kappa shape index (κ1) is 37.5. The van der Waals surface area contributed by atoms with Crippen molar-refractivity contribution in [2.24, 2.45) is 5.92 Å². The third-order valence-corrected chi connectivity index (χ3v) is 12.6. The van der Waals surface area contributed by atoms with E-state index in [4.69, 9.17) is 4.98 Å². The number of aryl methyl sites for hydroxylation is 1. The molecule has 58 heavy (non-hydrogen) atoms. The highest BCUT2D eigenvalue weighted by Gasteiger charge is 2.45. The Bertz CT molecular complexity index is 2420. The van der Waals surface area contributed by atoms with Crippen LogP contribution in [0.5, 0.6) is 0 Å². The van der Waals surface area contributed by atoms with Crippen molar-refractivity contribution in [2.75, 3.05) is 60.9 Å². The molecule has 1 aromatic carbocycles. The van der Waals surface area contributed by atoms with E-state index in [9.17, 15) is 28.8 Å². The summed E-state index contributed by atoms with van der Waals surface area (Å²) in [6.45, 7) is 9.44. The fraction of sp³-hybridized carbons (Fsp3) is 0.452. The van der Waals surface area contributed by atoms with Gasteiger partial charge in [-0.1, -0.05) is 12.8 Å². The van der Waals surface area contributed by atoms with Gasteiger partial charge in [0.1, 0.15) is 17.5 Å². The van der Waals surface area contributed by atoms with Gasteiger partial charge in [-0.3, -0.25) is 48.5 Å². The molecular weight excluding hydrogens is 741 g/mol. The number of pyridine rings is 2. The zero-order chi connectivity index (χ0) is 40.2. The second kappa shape index (κ2) is 15.0. The number of aromatic nitrogens is 4. The second-order valence-corrected chi connectivity index (χ2v) is 16.2. The fourth-order valence-corrected chi connectivity index (χ4v) is 9.50. The number of fused-ring (bicyclic) bond motifs is 2. The number of anilines is 4. The zero-order valence-corrected chi connectivity index (χ0v) is 32.7. The van der Waals surface area contributed by atoms with Crippen molar-refractivity contribution >= 4 is 63.6 Å². The molecule has 4 amide bonds. The highest BCUT2D eigenvalue weighted by atomic mass is 16.2. The van der Waals surface area contributed by atoms with Gasteiger partial charge in [-0.2, -0.15) is 4.98 Å². The lowest BCUT2D eigenvalue weighted by Crippen LogP contribution is -2.54. The molecule has 9 rings (SSSR count). The average Bonchev–Trinajstić information content (AvgIpc) is 3.97. The molecule has 3 saturated heterocycles.